The lowest BCUT2D eigenvalue weighted by atomic mass is 9.99. The fourth-order valence-corrected chi connectivity index (χ4v) is 3.65. The van der Waals surface area contributed by atoms with Crippen molar-refractivity contribution in [2.45, 2.75) is 38.5 Å². The van der Waals surface area contributed by atoms with Gasteiger partial charge in [0.1, 0.15) is 29.5 Å². The van der Waals surface area contributed by atoms with Crippen molar-refractivity contribution in [1.82, 2.24) is 9.97 Å². The number of ether oxygens (including phenoxy) is 1. The van der Waals surface area contributed by atoms with Crippen LogP contribution in [0, 0.1) is 11.7 Å². The van der Waals surface area contributed by atoms with Crippen molar-refractivity contribution in [1.29, 1.82) is 0 Å². The minimum Gasteiger partial charge on any atom is -0.439 e. The van der Waals surface area contributed by atoms with Crippen LogP contribution >= 0.6 is 11.6 Å². The molecular formula is C25H21ClF3N3O3. The number of amides is 1. The number of rotatable bonds is 9. The Kier molecular flexibility index (Phi) is 7.07. The van der Waals surface area contributed by atoms with E-state index in [4.69, 9.17) is 16.3 Å². The van der Waals surface area contributed by atoms with Crippen LogP contribution in [0.2, 0.25) is 5.02 Å². The Bertz CT molecular complexity index is 1280. The topological polar surface area (TPSA) is 81.2 Å². The van der Waals surface area contributed by atoms with Gasteiger partial charge in [-0.1, -0.05) is 23.7 Å². The van der Waals surface area contributed by atoms with Gasteiger partial charge in [0, 0.05) is 36.8 Å². The van der Waals surface area contributed by atoms with E-state index >= 15 is 0 Å². The van der Waals surface area contributed by atoms with Gasteiger partial charge >= 0.3 is 0 Å². The first-order valence-electron chi connectivity index (χ1n) is 10.9. The van der Waals surface area contributed by atoms with Crippen molar-refractivity contribution in [2.75, 3.05) is 5.32 Å². The fourth-order valence-electron chi connectivity index (χ4n) is 3.41. The van der Waals surface area contributed by atoms with Gasteiger partial charge in [0.25, 0.3) is 5.92 Å². The number of ketones is 1. The maximum Gasteiger partial charge on any atom is 0.273 e. The Morgan fingerprint density at radius 3 is 2.57 bits per heavy atom. The third kappa shape index (κ3) is 6.57. The quantitative estimate of drug-likeness (QED) is 0.394. The first kappa shape index (κ1) is 24.7. The smallest absolute Gasteiger partial charge is 0.273 e. The second-order valence-corrected chi connectivity index (χ2v) is 8.86. The molecule has 1 N–H and O–H groups in total. The van der Waals surface area contributed by atoms with E-state index in [1.807, 2.05) is 0 Å². The molecular weight excluding hydrogens is 483 g/mol. The summed E-state index contributed by atoms with van der Waals surface area (Å²) in [5, 5.41) is 2.98. The van der Waals surface area contributed by atoms with Gasteiger partial charge in [-0.15, -0.1) is 0 Å². The molecule has 6 nitrogen and oxygen atoms in total. The van der Waals surface area contributed by atoms with E-state index in [1.54, 1.807) is 12.1 Å². The monoisotopic (exact) mass is 503 g/mol. The molecule has 0 spiro atoms. The lowest BCUT2D eigenvalue weighted by Crippen LogP contribution is -2.14. The van der Waals surface area contributed by atoms with Gasteiger partial charge in [-0.25, -0.2) is 23.1 Å². The predicted octanol–water partition coefficient (Wildman–Crippen LogP) is 5.88. The summed E-state index contributed by atoms with van der Waals surface area (Å²) < 4.78 is 46.5. The summed E-state index contributed by atoms with van der Waals surface area (Å²) in [5.41, 5.74) is 0.0620. The fraction of sp³-hybridized carbons (Fsp3) is 0.280. The molecule has 0 atom stereocenters. The van der Waals surface area contributed by atoms with Gasteiger partial charge in [0.15, 0.2) is 0 Å². The van der Waals surface area contributed by atoms with Gasteiger partial charge in [-0.05, 0) is 48.2 Å². The molecule has 35 heavy (non-hydrogen) atoms. The molecule has 182 valence electrons. The molecule has 1 fully saturated rings. The van der Waals surface area contributed by atoms with E-state index in [1.165, 1.54) is 24.5 Å². The van der Waals surface area contributed by atoms with E-state index in [9.17, 15) is 22.8 Å². The number of Topliss-reactive ketones (excluding diaryl/α,β-unsaturated/α-hetero) is 1. The van der Waals surface area contributed by atoms with Gasteiger partial charge in [0.05, 0.1) is 5.56 Å². The molecule has 10 heteroatoms. The van der Waals surface area contributed by atoms with Crippen LogP contribution in [0.3, 0.4) is 0 Å². The minimum absolute atomic E-state index is 0.0288. The molecule has 2 aromatic carbocycles. The molecule has 0 bridgehead atoms. The van der Waals surface area contributed by atoms with E-state index in [0.29, 0.717) is 24.1 Å². The summed E-state index contributed by atoms with van der Waals surface area (Å²) in [7, 11) is 0. The Morgan fingerprint density at radius 2 is 1.89 bits per heavy atom. The largest absolute Gasteiger partial charge is 0.439 e. The molecule has 4 rings (SSSR count). The Balaban J connectivity index is 1.39. The lowest BCUT2D eigenvalue weighted by Gasteiger charge is -2.13. The number of halogens is 4. The normalized spacial score (nSPS) is 13.4. The van der Waals surface area contributed by atoms with Crippen LogP contribution in [-0.2, 0) is 28.4 Å². The molecule has 0 saturated heterocycles. The number of benzene rings is 2. The van der Waals surface area contributed by atoms with Gasteiger partial charge in [0.2, 0.25) is 11.8 Å². The van der Waals surface area contributed by atoms with Crippen molar-refractivity contribution < 1.29 is 27.5 Å². The van der Waals surface area contributed by atoms with Crippen LogP contribution in [0.25, 0.3) is 0 Å². The zero-order valence-electron chi connectivity index (χ0n) is 18.7. The number of hydrogen-bond donors (Lipinski definition) is 1. The lowest BCUT2D eigenvalue weighted by molar-refractivity contribution is -0.118. The highest BCUT2D eigenvalue weighted by atomic mass is 35.5. The number of anilines is 1. The summed E-state index contributed by atoms with van der Waals surface area (Å²) in [6.07, 6.45) is 2.82. The van der Waals surface area contributed by atoms with Crippen molar-refractivity contribution in [3.63, 3.8) is 0 Å². The predicted molar refractivity (Wildman–Crippen MR) is 123 cm³/mol. The second kappa shape index (κ2) is 10.0. The molecule has 1 aliphatic carbocycles. The van der Waals surface area contributed by atoms with Gasteiger partial charge in [-0.3, -0.25) is 9.59 Å². The van der Waals surface area contributed by atoms with Gasteiger partial charge < -0.3 is 10.1 Å². The number of aromatic nitrogens is 2. The van der Waals surface area contributed by atoms with E-state index in [-0.39, 0.29) is 46.9 Å². The highest BCUT2D eigenvalue weighted by Crippen LogP contribution is 2.32. The van der Waals surface area contributed by atoms with Crippen LogP contribution in [0.1, 0.15) is 36.5 Å². The van der Waals surface area contributed by atoms with E-state index in [0.717, 1.165) is 25.0 Å². The highest BCUT2D eigenvalue weighted by molar-refractivity contribution is 6.31. The van der Waals surface area contributed by atoms with Crippen molar-refractivity contribution in [3.05, 3.63) is 76.3 Å². The zero-order chi connectivity index (χ0) is 25.2. The molecule has 1 amide bonds. The number of nitrogens with zero attached hydrogens (tertiary/aromatic N) is 2. The Labute approximate surface area is 204 Å². The molecule has 1 saturated carbocycles. The second-order valence-electron chi connectivity index (χ2n) is 8.46. The molecule has 0 radical (unpaired) electrons. The highest BCUT2D eigenvalue weighted by Gasteiger charge is 2.30. The number of alkyl halides is 2. The minimum atomic E-state index is -3.35. The van der Waals surface area contributed by atoms with Crippen LogP contribution < -0.4 is 10.1 Å². The van der Waals surface area contributed by atoms with Crippen molar-refractivity contribution in [3.8, 4) is 11.6 Å². The SMILES string of the molecule is CC(F)(F)c1cc(CC(=O)Cc2ccc(Oc3cc(NC(=O)C4CC4)ncn3)cc2Cl)ccc1F. The first-order chi connectivity index (χ1) is 16.6. The number of nitrogens with one attached hydrogen (secondary N) is 1. The van der Waals surface area contributed by atoms with Crippen LogP contribution in [0.5, 0.6) is 11.6 Å². The summed E-state index contributed by atoms with van der Waals surface area (Å²) in [5.74, 6) is -3.82. The average molecular weight is 504 g/mol. The van der Waals surface area contributed by atoms with Gasteiger partial charge in [-0.2, -0.15) is 0 Å². The Hall–Kier alpha value is -3.46. The maximum atomic E-state index is 13.7. The third-order valence-electron chi connectivity index (χ3n) is 5.38. The van der Waals surface area contributed by atoms with Crippen LogP contribution in [0.4, 0.5) is 19.0 Å². The average Bonchev–Trinajstić information content (AvgIpc) is 3.62. The molecule has 0 unspecified atom stereocenters. The summed E-state index contributed by atoms with van der Waals surface area (Å²) in [6.45, 7) is 0.604. The van der Waals surface area contributed by atoms with E-state index < -0.39 is 17.3 Å². The molecule has 0 aliphatic heterocycles. The molecule has 3 aromatic rings. The maximum absolute atomic E-state index is 13.7. The van der Waals surface area contributed by atoms with Crippen LogP contribution in [0.15, 0.2) is 48.8 Å². The number of carbonyl (C=O) groups excluding carboxylic acids is 2. The summed E-state index contributed by atoms with van der Waals surface area (Å²) >= 11 is 6.32. The Morgan fingerprint density at radius 1 is 1.11 bits per heavy atom. The summed E-state index contributed by atoms with van der Waals surface area (Å²) in [6, 6.07) is 9.48. The first-order valence-corrected chi connectivity index (χ1v) is 11.2. The summed E-state index contributed by atoms with van der Waals surface area (Å²) in [4.78, 5) is 32.4. The zero-order valence-corrected chi connectivity index (χ0v) is 19.4. The number of hydrogen-bond acceptors (Lipinski definition) is 5. The number of carbonyl (C=O) groups is 2. The molecule has 1 aromatic heterocycles. The van der Waals surface area contributed by atoms with E-state index in [2.05, 4.69) is 15.3 Å². The third-order valence-corrected chi connectivity index (χ3v) is 5.73. The van der Waals surface area contributed by atoms with Crippen molar-refractivity contribution >= 4 is 29.1 Å². The molecule has 1 heterocycles. The van der Waals surface area contributed by atoms with Crippen LogP contribution in [-0.4, -0.2) is 21.7 Å². The molecule has 1 aliphatic rings. The van der Waals surface area contributed by atoms with Crippen molar-refractivity contribution in [2.24, 2.45) is 5.92 Å². The standard InChI is InChI=1S/C25H21ClF3N3O3/c1-25(28,29)19-9-14(2-7-21(19)27)8-17(33)10-16-5-6-18(11-20(16)26)35-23-12-22(30-13-31-23)32-24(34)15-3-4-15/h2,5-7,9,11-13,15H,3-4,8,10H2,1H3,(H,30,31,32,34).